The van der Waals surface area contributed by atoms with Crippen LogP contribution in [0.2, 0.25) is 0 Å². The Morgan fingerprint density at radius 2 is 0.828 bits per heavy atom. The summed E-state index contributed by atoms with van der Waals surface area (Å²) in [7, 11) is 3.16. The second-order valence-electron chi connectivity index (χ2n) is 14.8. The average molecular weight is 867 g/mol. The highest BCUT2D eigenvalue weighted by atomic mass is 16.6. The first-order valence-corrected chi connectivity index (χ1v) is 21.1. The average Bonchev–Trinajstić information content (AvgIpc) is 3.91. The molecule has 0 fully saturated rings. The van der Waals surface area contributed by atoms with E-state index in [0.717, 1.165) is 43.6 Å². The summed E-state index contributed by atoms with van der Waals surface area (Å²) in [5, 5.41) is 10.3. The van der Waals surface area contributed by atoms with Crippen LogP contribution >= 0.6 is 0 Å². The zero-order valence-corrected chi connectivity index (χ0v) is 35.6. The Kier molecular flexibility index (Phi) is 14.3. The van der Waals surface area contributed by atoms with Crippen molar-refractivity contribution in [3.63, 3.8) is 0 Å². The van der Waals surface area contributed by atoms with Gasteiger partial charge in [0.05, 0.1) is 25.3 Å². The molecule has 0 amide bonds. The molecule has 330 valence electrons. The fourth-order valence-electron chi connectivity index (χ4n) is 7.48. The van der Waals surface area contributed by atoms with Crippen molar-refractivity contribution in [1.82, 2.24) is 20.6 Å². The molecule has 0 spiro atoms. The summed E-state index contributed by atoms with van der Waals surface area (Å²) in [6.45, 7) is 1.54. The Labute approximate surface area is 369 Å². The number of nitrogens with one attached hydrogen (secondary N) is 4. The molecule has 8 rings (SSSR count). The number of ether oxygens (including phenoxy) is 8. The number of rotatable bonds is 22. The van der Waals surface area contributed by atoms with Gasteiger partial charge in [0.25, 0.3) is 0 Å². The minimum atomic E-state index is -1.17. The largest absolute Gasteiger partial charge is 0.493 e. The van der Waals surface area contributed by atoms with Crippen LogP contribution in [-0.2, 0) is 19.1 Å². The molecule has 0 aliphatic carbocycles. The quantitative estimate of drug-likeness (QED) is 0.0300. The van der Waals surface area contributed by atoms with Crippen LogP contribution in [0, 0.1) is 0 Å². The van der Waals surface area contributed by atoms with Crippen molar-refractivity contribution in [3.8, 4) is 34.5 Å². The van der Waals surface area contributed by atoms with Gasteiger partial charge in [-0.25, -0.2) is 9.59 Å². The predicted molar refractivity (Wildman–Crippen MR) is 245 cm³/mol. The summed E-state index contributed by atoms with van der Waals surface area (Å²) in [4.78, 5) is 34.1. The molecule has 0 saturated carbocycles. The molecule has 14 nitrogen and oxygen atoms in total. The second kappa shape index (κ2) is 21.1. The SMILES string of the molecule is COc1ccccc1OCCNCC(COc1cccc2[nH]c3ccccc3c12)OC(=O)C(=O)OC(CNCCOc1ccccc1OC)COc1cccc2[nH]c3ccccc3c12. The van der Waals surface area contributed by atoms with E-state index < -0.39 is 24.1 Å². The first-order valence-electron chi connectivity index (χ1n) is 21.1. The maximum Gasteiger partial charge on any atom is 0.417 e. The van der Waals surface area contributed by atoms with E-state index in [9.17, 15) is 9.59 Å². The number of fused-ring (bicyclic) bond motifs is 6. The van der Waals surface area contributed by atoms with Gasteiger partial charge in [-0.3, -0.25) is 0 Å². The van der Waals surface area contributed by atoms with Crippen LogP contribution in [0.5, 0.6) is 34.5 Å². The van der Waals surface area contributed by atoms with Gasteiger partial charge in [0.2, 0.25) is 0 Å². The summed E-state index contributed by atoms with van der Waals surface area (Å²) < 4.78 is 47.0. The number of carbonyl (C=O) groups excluding carboxylic acids is 2. The normalized spacial score (nSPS) is 12.2. The van der Waals surface area contributed by atoms with Gasteiger partial charge in [-0.05, 0) is 60.7 Å². The van der Waals surface area contributed by atoms with Gasteiger partial charge < -0.3 is 58.5 Å². The number of aromatic amines is 2. The van der Waals surface area contributed by atoms with E-state index in [0.29, 0.717) is 60.8 Å². The van der Waals surface area contributed by atoms with Gasteiger partial charge in [-0.1, -0.05) is 72.8 Å². The topological polar surface area (TPSA) is 164 Å². The lowest BCUT2D eigenvalue weighted by Gasteiger charge is -2.22. The standard InChI is InChI=1S/C50H50N4O10/c1-57-41-19-7-9-21-43(41)59-27-25-51-29-33(31-61-45-23-11-17-39-47(45)35-13-3-5-15-37(35)53-39)63-49(55)50(56)64-34(30-52-26-28-60-44-22-10-8-20-42(44)58-2)32-62-46-24-12-18-40-48(46)36-14-4-6-16-38(36)54-40/h3-24,33-34,51-54H,25-32H2,1-2H3. The second-order valence-corrected chi connectivity index (χ2v) is 14.8. The molecule has 2 unspecified atom stereocenters. The van der Waals surface area contributed by atoms with Crippen molar-refractivity contribution in [2.45, 2.75) is 12.2 Å². The van der Waals surface area contributed by atoms with Crippen molar-refractivity contribution in [3.05, 3.63) is 133 Å². The van der Waals surface area contributed by atoms with E-state index in [1.54, 1.807) is 14.2 Å². The van der Waals surface area contributed by atoms with Crippen molar-refractivity contribution >= 4 is 55.6 Å². The molecule has 64 heavy (non-hydrogen) atoms. The molecule has 8 aromatic rings. The summed E-state index contributed by atoms with van der Waals surface area (Å²) in [6.07, 6.45) is -1.79. The number of para-hydroxylation sites is 6. The molecule has 4 N–H and O–H groups in total. The first kappa shape index (κ1) is 43.2. The highest BCUT2D eigenvalue weighted by Crippen LogP contribution is 2.35. The molecule has 14 heteroatoms. The zero-order valence-electron chi connectivity index (χ0n) is 35.6. The summed E-state index contributed by atoms with van der Waals surface area (Å²) in [5.74, 6) is 1.28. The van der Waals surface area contributed by atoms with Crippen LogP contribution in [0.3, 0.4) is 0 Å². The summed E-state index contributed by atoms with van der Waals surface area (Å²) in [5.41, 5.74) is 3.73. The smallest absolute Gasteiger partial charge is 0.417 e. The van der Waals surface area contributed by atoms with Gasteiger partial charge in [0.1, 0.15) is 50.1 Å². The Hall–Kier alpha value is -7.42. The summed E-state index contributed by atoms with van der Waals surface area (Å²) in [6, 6.07) is 42.1. The van der Waals surface area contributed by atoms with Crippen LogP contribution in [-0.4, -0.2) is 101 Å². The van der Waals surface area contributed by atoms with Crippen LogP contribution in [0.1, 0.15) is 0 Å². The number of hydrogen-bond acceptors (Lipinski definition) is 12. The third kappa shape index (κ3) is 10.4. The maximum absolute atomic E-state index is 13.6. The van der Waals surface area contributed by atoms with E-state index in [1.807, 2.05) is 133 Å². The van der Waals surface area contributed by atoms with E-state index in [-0.39, 0.29) is 26.3 Å². The van der Waals surface area contributed by atoms with E-state index >= 15 is 0 Å². The molecule has 2 atom stereocenters. The number of H-pyrrole nitrogens is 2. The number of aromatic nitrogens is 2. The van der Waals surface area contributed by atoms with Crippen LogP contribution in [0.4, 0.5) is 0 Å². The number of benzene rings is 6. The van der Waals surface area contributed by atoms with E-state index in [2.05, 4.69) is 20.6 Å². The lowest BCUT2D eigenvalue weighted by molar-refractivity contribution is -0.175. The van der Waals surface area contributed by atoms with Gasteiger partial charge >= 0.3 is 11.9 Å². The monoisotopic (exact) mass is 866 g/mol. The van der Waals surface area contributed by atoms with Crippen LogP contribution in [0.25, 0.3) is 43.6 Å². The minimum Gasteiger partial charge on any atom is -0.493 e. The van der Waals surface area contributed by atoms with Crippen molar-refractivity contribution in [1.29, 1.82) is 0 Å². The number of carbonyl (C=O) groups is 2. The molecule has 0 bridgehead atoms. The first-order chi connectivity index (χ1) is 31.5. The Morgan fingerprint density at radius 1 is 0.453 bits per heavy atom. The van der Waals surface area contributed by atoms with E-state index in [4.69, 9.17) is 37.9 Å². The summed E-state index contributed by atoms with van der Waals surface area (Å²) >= 11 is 0. The Balaban J connectivity index is 0.943. The Morgan fingerprint density at radius 3 is 1.27 bits per heavy atom. The molecular formula is C50H50N4O10. The number of methoxy groups -OCH3 is 2. The fraction of sp³-hybridized carbons (Fsp3) is 0.240. The van der Waals surface area contributed by atoms with Gasteiger partial charge in [-0.15, -0.1) is 0 Å². The predicted octanol–water partition coefficient (Wildman–Crippen LogP) is 7.59. The van der Waals surface area contributed by atoms with E-state index in [1.165, 1.54) is 0 Å². The molecule has 2 heterocycles. The molecule has 2 aromatic heterocycles. The zero-order chi connectivity index (χ0) is 44.1. The molecular weight excluding hydrogens is 817 g/mol. The highest BCUT2D eigenvalue weighted by molar-refractivity contribution is 6.29. The number of esters is 2. The fourth-order valence-corrected chi connectivity index (χ4v) is 7.48. The Bertz CT molecular complexity index is 2630. The van der Waals surface area contributed by atoms with Gasteiger partial charge in [0, 0.05) is 58.8 Å². The third-order valence-electron chi connectivity index (χ3n) is 10.5. The number of hydrogen-bond donors (Lipinski definition) is 4. The molecule has 0 aliphatic rings. The van der Waals surface area contributed by atoms with Crippen molar-refractivity contribution < 1.29 is 47.5 Å². The highest BCUT2D eigenvalue weighted by Gasteiger charge is 2.27. The molecule has 0 radical (unpaired) electrons. The van der Waals surface area contributed by atoms with Crippen LogP contribution in [0.15, 0.2) is 133 Å². The molecule has 0 aliphatic heterocycles. The van der Waals surface area contributed by atoms with Gasteiger partial charge in [-0.2, -0.15) is 0 Å². The lowest BCUT2D eigenvalue weighted by atomic mass is 10.1. The van der Waals surface area contributed by atoms with Crippen LogP contribution < -0.4 is 39.1 Å². The third-order valence-corrected chi connectivity index (χ3v) is 10.5. The van der Waals surface area contributed by atoms with Crippen molar-refractivity contribution in [2.24, 2.45) is 0 Å². The molecule has 6 aromatic carbocycles. The maximum atomic E-state index is 13.6. The molecule has 0 saturated heterocycles. The van der Waals surface area contributed by atoms with Crippen molar-refractivity contribution in [2.75, 3.05) is 66.8 Å². The minimum absolute atomic E-state index is 0.0626. The lowest BCUT2D eigenvalue weighted by Crippen LogP contribution is -2.41. The van der Waals surface area contributed by atoms with Gasteiger partial charge in [0.15, 0.2) is 23.0 Å².